The Labute approximate surface area is 183 Å². The molecule has 1 aromatic heterocycles. The summed E-state index contributed by atoms with van der Waals surface area (Å²) in [6, 6.07) is 17.8. The fourth-order valence-electron chi connectivity index (χ4n) is 2.58. The number of rotatable bonds is 9. The number of carbonyl (C=O) groups excluding carboxylic acids is 2. The lowest BCUT2D eigenvalue weighted by atomic mass is 10.1. The van der Waals surface area contributed by atoms with Gasteiger partial charge in [0.1, 0.15) is 0 Å². The minimum Gasteiger partial charge on any atom is -0.490 e. The molecule has 1 heterocycles. The lowest BCUT2D eigenvalue weighted by Crippen LogP contribution is -2.20. The average molecular weight is 442 g/mol. The zero-order valence-corrected chi connectivity index (χ0v) is 17.8. The van der Waals surface area contributed by atoms with Crippen LogP contribution in [0.15, 0.2) is 66.7 Å². The van der Waals surface area contributed by atoms with Crippen molar-refractivity contribution in [2.24, 2.45) is 0 Å². The number of amides is 1. The molecule has 0 unspecified atom stereocenters. The molecule has 30 heavy (non-hydrogen) atoms. The fraction of sp³-hybridized carbons (Fsp3) is 0.130. The molecule has 0 aliphatic carbocycles. The third-order valence-corrected chi connectivity index (χ3v) is 5.17. The summed E-state index contributed by atoms with van der Waals surface area (Å²) < 4.78 is 11.8. The monoisotopic (exact) mass is 441 g/mol. The Bertz CT molecular complexity index is 1050. The zero-order chi connectivity index (χ0) is 21.3. The summed E-state index contributed by atoms with van der Waals surface area (Å²) in [5, 5.41) is 2.76. The lowest BCUT2D eigenvalue weighted by molar-refractivity contribution is -0.118. The zero-order valence-electron chi connectivity index (χ0n) is 16.3. The Balaban J connectivity index is 1.64. The van der Waals surface area contributed by atoms with Gasteiger partial charge in [-0.05, 0) is 55.0 Å². The Morgan fingerprint density at radius 2 is 1.83 bits per heavy atom. The molecule has 2 aromatic carbocycles. The minimum atomic E-state index is -0.271. The van der Waals surface area contributed by atoms with E-state index >= 15 is 0 Å². The molecule has 1 N–H and O–H groups in total. The van der Waals surface area contributed by atoms with E-state index in [0.717, 1.165) is 5.56 Å². The highest BCUT2D eigenvalue weighted by molar-refractivity contribution is 7.18. The fourth-order valence-corrected chi connectivity index (χ4v) is 3.54. The van der Waals surface area contributed by atoms with E-state index < -0.39 is 0 Å². The van der Waals surface area contributed by atoms with Gasteiger partial charge in [0.05, 0.1) is 15.8 Å². The van der Waals surface area contributed by atoms with Crippen molar-refractivity contribution in [1.29, 1.82) is 0 Å². The van der Waals surface area contributed by atoms with Crippen molar-refractivity contribution in [3.05, 3.63) is 81.5 Å². The maximum absolute atomic E-state index is 12.2. The third kappa shape index (κ3) is 6.20. The van der Waals surface area contributed by atoms with Crippen LogP contribution in [0.5, 0.6) is 11.5 Å². The van der Waals surface area contributed by atoms with Gasteiger partial charge in [-0.3, -0.25) is 9.59 Å². The van der Waals surface area contributed by atoms with Crippen LogP contribution in [-0.2, 0) is 4.79 Å². The highest BCUT2D eigenvalue weighted by atomic mass is 35.5. The number of benzene rings is 2. The molecule has 0 spiro atoms. The maximum atomic E-state index is 12.2. The van der Waals surface area contributed by atoms with E-state index in [-0.39, 0.29) is 18.3 Å². The quantitative estimate of drug-likeness (QED) is 0.341. The molecule has 0 bridgehead atoms. The molecule has 154 valence electrons. The van der Waals surface area contributed by atoms with Crippen molar-refractivity contribution in [2.45, 2.75) is 6.92 Å². The Morgan fingerprint density at radius 1 is 1.03 bits per heavy atom. The SMILES string of the molecule is CCOc1cc(/C=C/C(=O)c2ccc(Cl)s2)ccc1OCC(=O)Nc1ccccc1. The molecule has 3 aromatic rings. The van der Waals surface area contributed by atoms with Crippen molar-refractivity contribution < 1.29 is 19.1 Å². The first-order valence-electron chi connectivity index (χ1n) is 9.27. The number of allylic oxidation sites excluding steroid dienone is 1. The maximum Gasteiger partial charge on any atom is 0.262 e. The number of halogens is 1. The van der Waals surface area contributed by atoms with Gasteiger partial charge in [0.15, 0.2) is 23.9 Å². The molecule has 0 aliphatic rings. The van der Waals surface area contributed by atoms with Crippen LogP contribution in [0.4, 0.5) is 5.69 Å². The van der Waals surface area contributed by atoms with Gasteiger partial charge in [-0.25, -0.2) is 0 Å². The smallest absolute Gasteiger partial charge is 0.262 e. The molecule has 1 amide bonds. The number of anilines is 1. The summed E-state index contributed by atoms with van der Waals surface area (Å²) in [5.41, 5.74) is 1.48. The van der Waals surface area contributed by atoms with Gasteiger partial charge in [-0.1, -0.05) is 41.9 Å². The average Bonchev–Trinajstić information content (AvgIpc) is 3.19. The van der Waals surface area contributed by atoms with Gasteiger partial charge in [0.25, 0.3) is 5.91 Å². The van der Waals surface area contributed by atoms with E-state index in [0.29, 0.717) is 33.0 Å². The molecule has 7 heteroatoms. The summed E-state index contributed by atoms with van der Waals surface area (Å²) in [7, 11) is 0. The third-order valence-electron chi connectivity index (χ3n) is 3.93. The van der Waals surface area contributed by atoms with Crippen LogP contribution in [0.1, 0.15) is 22.2 Å². The number of para-hydroxylation sites is 1. The number of ketones is 1. The molecule has 0 aliphatic heterocycles. The largest absolute Gasteiger partial charge is 0.490 e. The van der Waals surface area contributed by atoms with Gasteiger partial charge >= 0.3 is 0 Å². The predicted octanol–water partition coefficient (Wildman–Crippen LogP) is 5.71. The number of carbonyl (C=O) groups is 2. The standard InChI is InChI=1S/C23H20ClNO4S/c1-2-28-20-14-16(8-10-18(26)21-12-13-22(24)30-21)9-11-19(20)29-15-23(27)25-17-6-4-3-5-7-17/h3-14H,2,15H2,1H3,(H,25,27)/b10-8+. The molecule has 3 rings (SSSR count). The summed E-state index contributed by atoms with van der Waals surface area (Å²) in [5.74, 6) is 0.558. The van der Waals surface area contributed by atoms with Crippen molar-refractivity contribution in [1.82, 2.24) is 0 Å². The first kappa shape index (κ1) is 21.6. The van der Waals surface area contributed by atoms with Crippen LogP contribution in [0, 0.1) is 0 Å². The molecule has 0 fully saturated rings. The number of hydrogen-bond donors (Lipinski definition) is 1. The molecule has 0 radical (unpaired) electrons. The second kappa shape index (κ2) is 10.6. The summed E-state index contributed by atoms with van der Waals surface area (Å²) in [6.07, 6.45) is 3.19. The Hall–Kier alpha value is -3.09. The number of ether oxygens (including phenoxy) is 2. The van der Waals surface area contributed by atoms with Crippen LogP contribution in [-0.4, -0.2) is 24.9 Å². The lowest BCUT2D eigenvalue weighted by Gasteiger charge is -2.12. The van der Waals surface area contributed by atoms with Crippen molar-refractivity contribution >= 4 is 46.4 Å². The van der Waals surface area contributed by atoms with Crippen LogP contribution in [0.3, 0.4) is 0 Å². The van der Waals surface area contributed by atoms with Gasteiger partial charge in [-0.15, -0.1) is 11.3 Å². The molecular weight excluding hydrogens is 422 g/mol. The van der Waals surface area contributed by atoms with Crippen LogP contribution in [0.25, 0.3) is 6.08 Å². The second-order valence-electron chi connectivity index (χ2n) is 6.14. The van der Waals surface area contributed by atoms with Crippen LogP contribution in [0.2, 0.25) is 4.34 Å². The second-order valence-corrected chi connectivity index (χ2v) is 7.86. The van der Waals surface area contributed by atoms with Crippen molar-refractivity contribution in [3.8, 4) is 11.5 Å². The predicted molar refractivity (Wildman–Crippen MR) is 121 cm³/mol. The Kier molecular flexibility index (Phi) is 7.65. The minimum absolute atomic E-state index is 0.122. The first-order chi connectivity index (χ1) is 14.5. The van der Waals surface area contributed by atoms with Gasteiger partial charge in [0.2, 0.25) is 0 Å². The van der Waals surface area contributed by atoms with E-state index in [4.69, 9.17) is 21.1 Å². The summed E-state index contributed by atoms with van der Waals surface area (Å²) in [4.78, 5) is 24.9. The highest BCUT2D eigenvalue weighted by Gasteiger charge is 2.10. The van der Waals surface area contributed by atoms with E-state index in [1.54, 1.807) is 48.5 Å². The molecule has 0 atom stereocenters. The normalized spacial score (nSPS) is 10.7. The summed E-state index contributed by atoms with van der Waals surface area (Å²) >= 11 is 7.11. The molecular formula is C23H20ClNO4S. The van der Waals surface area contributed by atoms with Crippen molar-refractivity contribution in [3.63, 3.8) is 0 Å². The van der Waals surface area contributed by atoms with E-state index in [1.807, 2.05) is 25.1 Å². The van der Waals surface area contributed by atoms with Gasteiger partial charge < -0.3 is 14.8 Å². The number of thiophene rings is 1. The van der Waals surface area contributed by atoms with E-state index in [2.05, 4.69) is 5.32 Å². The van der Waals surface area contributed by atoms with Crippen LogP contribution < -0.4 is 14.8 Å². The van der Waals surface area contributed by atoms with Gasteiger partial charge in [0, 0.05) is 5.69 Å². The summed E-state index contributed by atoms with van der Waals surface area (Å²) in [6.45, 7) is 2.15. The van der Waals surface area contributed by atoms with Crippen LogP contribution >= 0.6 is 22.9 Å². The van der Waals surface area contributed by atoms with E-state index in [9.17, 15) is 9.59 Å². The highest BCUT2D eigenvalue weighted by Crippen LogP contribution is 2.29. The van der Waals surface area contributed by atoms with Crippen molar-refractivity contribution in [2.75, 3.05) is 18.5 Å². The van der Waals surface area contributed by atoms with Gasteiger partial charge in [-0.2, -0.15) is 0 Å². The topological polar surface area (TPSA) is 64.6 Å². The first-order valence-corrected chi connectivity index (χ1v) is 10.5. The Morgan fingerprint density at radius 3 is 2.53 bits per heavy atom. The molecule has 5 nitrogen and oxygen atoms in total. The number of nitrogens with one attached hydrogen (secondary N) is 1. The van der Waals surface area contributed by atoms with E-state index in [1.165, 1.54) is 17.4 Å². The molecule has 0 saturated carbocycles. The number of hydrogen-bond acceptors (Lipinski definition) is 5. The molecule has 0 saturated heterocycles.